The highest BCUT2D eigenvalue weighted by molar-refractivity contribution is 5.98. The van der Waals surface area contributed by atoms with E-state index in [0.29, 0.717) is 5.56 Å². The molecule has 0 spiro atoms. The molecule has 0 radical (unpaired) electrons. The fourth-order valence-corrected chi connectivity index (χ4v) is 2.97. The van der Waals surface area contributed by atoms with Crippen LogP contribution >= 0.6 is 0 Å². The largest absolute Gasteiger partial charge is 0.507 e. The molecule has 0 aliphatic carbocycles. The van der Waals surface area contributed by atoms with Crippen LogP contribution in [0.5, 0.6) is 5.75 Å². The van der Waals surface area contributed by atoms with Gasteiger partial charge in [0.1, 0.15) is 30.2 Å². The van der Waals surface area contributed by atoms with Gasteiger partial charge in [0, 0.05) is 6.42 Å². The lowest BCUT2D eigenvalue weighted by atomic mass is 9.89. The molecule has 2 rings (SSSR count). The third-order valence-electron chi connectivity index (χ3n) is 4.11. The van der Waals surface area contributed by atoms with Gasteiger partial charge >= 0.3 is 0 Å². The number of aryl methyl sites for hydroxylation is 1. The first-order valence-corrected chi connectivity index (χ1v) is 7.40. The number of aromatic hydroxyl groups is 1. The first-order valence-electron chi connectivity index (χ1n) is 7.40. The van der Waals surface area contributed by atoms with Gasteiger partial charge in [-0.15, -0.1) is 0 Å². The van der Waals surface area contributed by atoms with Crippen molar-refractivity contribution in [1.29, 1.82) is 0 Å². The summed E-state index contributed by atoms with van der Waals surface area (Å²) >= 11 is 0. The first kappa shape index (κ1) is 17.8. The number of carbonyl (C=O) groups is 1. The summed E-state index contributed by atoms with van der Waals surface area (Å²) in [6.45, 7) is 2.56. The summed E-state index contributed by atoms with van der Waals surface area (Å²) in [5.41, 5.74) is 1.33. The number of carbonyl (C=O) groups excluding carboxylic acids is 1. The van der Waals surface area contributed by atoms with Gasteiger partial charge < -0.3 is 30.3 Å². The van der Waals surface area contributed by atoms with Crippen molar-refractivity contribution in [3.8, 4) is 5.75 Å². The Morgan fingerprint density at radius 3 is 2.30 bits per heavy atom. The van der Waals surface area contributed by atoms with Gasteiger partial charge in [0.05, 0.1) is 18.3 Å². The van der Waals surface area contributed by atoms with Gasteiger partial charge in [0.2, 0.25) is 0 Å². The number of ketones is 1. The Balaban J connectivity index is 2.33. The molecule has 23 heavy (non-hydrogen) atoms. The van der Waals surface area contributed by atoms with Crippen molar-refractivity contribution >= 4 is 5.78 Å². The molecule has 5 atom stereocenters. The van der Waals surface area contributed by atoms with Crippen molar-refractivity contribution < 1.29 is 35.1 Å². The van der Waals surface area contributed by atoms with Crippen molar-refractivity contribution in [2.24, 2.45) is 0 Å². The normalized spacial score (nSPS) is 31.1. The van der Waals surface area contributed by atoms with Crippen LogP contribution in [0.1, 0.15) is 28.4 Å². The van der Waals surface area contributed by atoms with Crippen molar-refractivity contribution in [1.82, 2.24) is 0 Å². The van der Waals surface area contributed by atoms with Crippen LogP contribution in [-0.2, 0) is 11.2 Å². The molecule has 0 saturated carbocycles. The highest BCUT2D eigenvalue weighted by Crippen LogP contribution is 2.29. The van der Waals surface area contributed by atoms with Gasteiger partial charge in [-0.1, -0.05) is 6.07 Å². The summed E-state index contributed by atoms with van der Waals surface area (Å²) in [5.74, 6) is -0.487. The van der Waals surface area contributed by atoms with Gasteiger partial charge in [-0.3, -0.25) is 4.79 Å². The lowest BCUT2D eigenvalue weighted by Crippen LogP contribution is -2.59. The molecule has 7 nitrogen and oxygen atoms in total. The molecule has 5 N–H and O–H groups in total. The van der Waals surface area contributed by atoms with E-state index in [1.807, 2.05) is 0 Å². The van der Waals surface area contributed by atoms with Gasteiger partial charge in [0.25, 0.3) is 0 Å². The second kappa shape index (κ2) is 6.94. The first-order chi connectivity index (χ1) is 10.8. The van der Waals surface area contributed by atoms with Crippen molar-refractivity contribution in [3.05, 3.63) is 28.8 Å². The quantitative estimate of drug-likeness (QED) is 0.462. The molecule has 1 heterocycles. The van der Waals surface area contributed by atoms with E-state index in [1.54, 1.807) is 13.0 Å². The summed E-state index contributed by atoms with van der Waals surface area (Å²) in [6.07, 6.45) is -6.15. The number of hydrogen-bond acceptors (Lipinski definition) is 7. The highest BCUT2D eigenvalue weighted by Gasteiger charge is 2.43. The van der Waals surface area contributed by atoms with E-state index in [2.05, 4.69) is 0 Å². The number of Topliss-reactive ketones (excluding diaryl/α,β-unsaturated/α-hetero) is 1. The second-order valence-electron chi connectivity index (χ2n) is 5.95. The number of benzene rings is 1. The van der Waals surface area contributed by atoms with E-state index >= 15 is 0 Å². The Hall–Kier alpha value is -1.51. The number of aliphatic hydroxyl groups is 4. The maximum absolute atomic E-state index is 11.8. The molecule has 0 amide bonds. The average molecular weight is 326 g/mol. The van der Waals surface area contributed by atoms with Crippen LogP contribution in [0.15, 0.2) is 12.1 Å². The summed E-state index contributed by atoms with van der Waals surface area (Å²) in [7, 11) is 0. The topological polar surface area (TPSA) is 127 Å². The van der Waals surface area contributed by atoms with Crippen LogP contribution < -0.4 is 0 Å². The van der Waals surface area contributed by atoms with Crippen molar-refractivity contribution in [2.75, 3.05) is 6.61 Å². The number of phenolic OH excluding ortho intramolecular Hbond substituents is 1. The third kappa shape index (κ3) is 3.54. The standard InChI is InChI=1S/C16H22O7/c1-7-3-9(13(8(2)18)10(19)4-7)5-11-14(20)16(22)15(21)12(6-17)23-11/h3-4,11-12,14-17,19-22H,5-6H2,1-2H3. The lowest BCUT2D eigenvalue weighted by molar-refractivity contribution is -0.228. The van der Waals surface area contributed by atoms with Crippen molar-refractivity contribution in [3.63, 3.8) is 0 Å². The monoisotopic (exact) mass is 326 g/mol. The Morgan fingerprint density at radius 2 is 1.74 bits per heavy atom. The van der Waals surface area contributed by atoms with E-state index < -0.39 is 37.1 Å². The predicted octanol–water partition coefficient (Wildman–Crippen LogP) is -0.712. The molecular weight excluding hydrogens is 304 g/mol. The number of rotatable bonds is 4. The van der Waals surface area contributed by atoms with Crippen LogP contribution in [0, 0.1) is 6.92 Å². The number of phenols is 1. The smallest absolute Gasteiger partial charge is 0.163 e. The fraction of sp³-hybridized carbons (Fsp3) is 0.562. The molecular formula is C16H22O7. The van der Waals surface area contributed by atoms with Crippen LogP contribution in [-0.4, -0.2) is 68.4 Å². The minimum absolute atomic E-state index is 0.0472. The molecule has 0 aromatic heterocycles. The van der Waals surface area contributed by atoms with Crippen LogP contribution in [0.4, 0.5) is 0 Å². The molecule has 0 bridgehead atoms. The van der Waals surface area contributed by atoms with E-state index in [1.165, 1.54) is 13.0 Å². The molecule has 5 unspecified atom stereocenters. The number of ether oxygens (including phenoxy) is 1. The molecule has 1 aliphatic rings. The molecule has 1 aliphatic heterocycles. The maximum atomic E-state index is 11.8. The van der Waals surface area contributed by atoms with Gasteiger partial charge in [0.15, 0.2) is 5.78 Å². The van der Waals surface area contributed by atoms with E-state index in [-0.39, 0.29) is 23.5 Å². The Kier molecular flexibility index (Phi) is 5.38. The van der Waals surface area contributed by atoms with Crippen LogP contribution in [0.2, 0.25) is 0 Å². The zero-order valence-electron chi connectivity index (χ0n) is 13.0. The van der Waals surface area contributed by atoms with Crippen LogP contribution in [0.25, 0.3) is 0 Å². The zero-order chi connectivity index (χ0) is 17.3. The van der Waals surface area contributed by atoms with E-state index in [9.17, 15) is 30.3 Å². The molecule has 1 aromatic carbocycles. The number of aliphatic hydroxyl groups excluding tert-OH is 4. The molecule has 1 saturated heterocycles. The average Bonchev–Trinajstić information content (AvgIpc) is 2.46. The molecule has 128 valence electrons. The van der Waals surface area contributed by atoms with Gasteiger partial charge in [-0.2, -0.15) is 0 Å². The van der Waals surface area contributed by atoms with E-state index in [4.69, 9.17) is 4.74 Å². The minimum atomic E-state index is -1.47. The minimum Gasteiger partial charge on any atom is -0.507 e. The summed E-state index contributed by atoms with van der Waals surface area (Å²) in [6, 6.07) is 3.16. The molecule has 1 fully saturated rings. The SMILES string of the molecule is CC(=O)c1c(O)cc(C)cc1CC1OC(CO)C(O)C(O)C1O. The Labute approximate surface area is 133 Å². The zero-order valence-corrected chi connectivity index (χ0v) is 13.0. The predicted molar refractivity (Wildman–Crippen MR) is 80.3 cm³/mol. The van der Waals surface area contributed by atoms with Crippen LogP contribution in [0.3, 0.4) is 0 Å². The second-order valence-corrected chi connectivity index (χ2v) is 5.95. The molecule has 1 aromatic rings. The number of hydrogen-bond donors (Lipinski definition) is 5. The Morgan fingerprint density at radius 1 is 1.13 bits per heavy atom. The Bertz CT molecular complexity index is 584. The highest BCUT2D eigenvalue weighted by atomic mass is 16.5. The summed E-state index contributed by atoms with van der Waals surface area (Å²) < 4.78 is 5.45. The lowest BCUT2D eigenvalue weighted by Gasteiger charge is -2.40. The summed E-state index contributed by atoms with van der Waals surface area (Å²) in [5, 5.41) is 48.9. The third-order valence-corrected chi connectivity index (χ3v) is 4.11. The fourth-order valence-electron chi connectivity index (χ4n) is 2.97. The van der Waals surface area contributed by atoms with Gasteiger partial charge in [-0.05, 0) is 31.0 Å². The van der Waals surface area contributed by atoms with Crippen molar-refractivity contribution in [2.45, 2.75) is 50.8 Å². The van der Waals surface area contributed by atoms with E-state index in [0.717, 1.165) is 5.56 Å². The maximum Gasteiger partial charge on any atom is 0.163 e. The molecule has 7 heteroatoms. The summed E-state index contributed by atoms with van der Waals surface area (Å²) in [4.78, 5) is 11.8. The van der Waals surface area contributed by atoms with Gasteiger partial charge in [-0.25, -0.2) is 0 Å².